The predicted molar refractivity (Wildman–Crippen MR) is 210 cm³/mol. The molecule has 0 bridgehead atoms. The Balaban J connectivity index is 1.92. The number of carbonyl (C=O) groups is 3. The molecule has 0 amide bonds. The van der Waals surface area contributed by atoms with E-state index in [0.717, 1.165) is 88.5 Å². The van der Waals surface area contributed by atoms with Crippen molar-refractivity contribution in [3.63, 3.8) is 0 Å². The van der Waals surface area contributed by atoms with Gasteiger partial charge in [-0.15, -0.1) is 0 Å². The normalized spacial score (nSPS) is 23.1. The van der Waals surface area contributed by atoms with E-state index in [0.29, 0.717) is 24.0 Å². The van der Waals surface area contributed by atoms with Gasteiger partial charge in [0.1, 0.15) is 11.4 Å². The van der Waals surface area contributed by atoms with Crippen LogP contribution in [0.5, 0.6) is 0 Å². The predicted octanol–water partition coefficient (Wildman–Crippen LogP) is 12.4. The molecule has 1 saturated carbocycles. The molecule has 0 saturated heterocycles. The van der Waals surface area contributed by atoms with Crippen molar-refractivity contribution >= 4 is 17.5 Å². The number of rotatable bonds is 18. The maximum absolute atomic E-state index is 14.5. The molecule has 50 heavy (non-hydrogen) atoms. The fraction of sp³-hybridized carbons (Fsp3) is 0.761. The molecule has 0 aromatic heterocycles. The van der Waals surface area contributed by atoms with Gasteiger partial charge in [0.05, 0.1) is 0 Å². The third kappa shape index (κ3) is 12.2. The van der Waals surface area contributed by atoms with Gasteiger partial charge in [0.2, 0.25) is 0 Å². The van der Waals surface area contributed by atoms with Gasteiger partial charge in [-0.1, -0.05) is 96.8 Å². The number of carbonyl (C=O) groups excluding carboxylic acids is 3. The van der Waals surface area contributed by atoms with Gasteiger partial charge < -0.3 is 4.74 Å². The summed E-state index contributed by atoms with van der Waals surface area (Å²) in [5.74, 6) is 2.34. The van der Waals surface area contributed by atoms with E-state index in [4.69, 9.17) is 4.74 Å². The van der Waals surface area contributed by atoms with Crippen LogP contribution in [-0.2, 0) is 32.0 Å². The molecular formula is C46H74O4. The maximum atomic E-state index is 14.5. The van der Waals surface area contributed by atoms with Gasteiger partial charge in [0.15, 0.2) is 5.78 Å². The lowest BCUT2D eigenvalue weighted by atomic mass is 9.57. The summed E-state index contributed by atoms with van der Waals surface area (Å²) in [6.45, 7) is 20.8. The van der Waals surface area contributed by atoms with Gasteiger partial charge in [-0.05, 0) is 151 Å². The van der Waals surface area contributed by atoms with Crippen LogP contribution in [0.1, 0.15) is 193 Å². The molecule has 0 heterocycles. The van der Waals surface area contributed by atoms with E-state index in [1.165, 1.54) is 54.4 Å². The smallest absolute Gasteiger partial charge is 0.306 e. The molecule has 0 N–H and O–H groups in total. The molecule has 2 aliphatic carbocycles. The number of aryl methyl sites for hydroxylation is 2. The minimum absolute atomic E-state index is 0.00562. The number of benzene rings is 1. The Bertz CT molecular complexity index is 1290. The van der Waals surface area contributed by atoms with Crippen molar-refractivity contribution in [1.29, 1.82) is 0 Å². The first-order valence-electron chi connectivity index (χ1n) is 20.7. The van der Waals surface area contributed by atoms with Crippen molar-refractivity contribution in [3.8, 4) is 0 Å². The van der Waals surface area contributed by atoms with Crippen LogP contribution < -0.4 is 0 Å². The Morgan fingerprint density at radius 1 is 0.980 bits per heavy atom. The molecule has 1 aromatic rings. The van der Waals surface area contributed by atoms with Crippen LogP contribution in [0.4, 0.5) is 0 Å². The first kappa shape index (κ1) is 42.2. The van der Waals surface area contributed by atoms with Crippen LogP contribution in [0.25, 0.3) is 0 Å². The highest BCUT2D eigenvalue weighted by molar-refractivity contribution is 5.90. The van der Waals surface area contributed by atoms with Gasteiger partial charge in [0.25, 0.3) is 0 Å². The van der Waals surface area contributed by atoms with Crippen molar-refractivity contribution in [2.45, 2.75) is 196 Å². The molecule has 2 aliphatic rings. The first-order valence-corrected chi connectivity index (χ1v) is 20.7. The summed E-state index contributed by atoms with van der Waals surface area (Å²) >= 11 is 0. The number of fused-ring (bicyclic) bond motifs is 1. The zero-order valence-electron chi connectivity index (χ0n) is 34.0. The third-order valence-electron chi connectivity index (χ3n) is 12.4. The molecule has 1 aromatic carbocycles. The number of hydrogen-bond acceptors (Lipinski definition) is 4. The molecule has 0 spiro atoms. The monoisotopic (exact) mass is 691 g/mol. The van der Waals surface area contributed by atoms with Crippen molar-refractivity contribution < 1.29 is 19.1 Å². The highest BCUT2D eigenvalue weighted by atomic mass is 16.6. The fourth-order valence-electron chi connectivity index (χ4n) is 9.56. The van der Waals surface area contributed by atoms with Crippen molar-refractivity contribution in [3.05, 3.63) is 46.0 Å². The summed E-state index contributed by atoms with van der Waals surface area (Å²) in [7, 11) is 0. The van der Waals surface area contributed by atoms with Crippen LogP contribution in [0.3, 0.4) is 0 Å². The van der Waals surface area contributed by atoms with E-state index in [2.05, 4.69) is 53.7 Å². The Kier molecular flexibility index (Phi) is 16.5. The van der Waals surface area contributed by atoms with E-state index in [1.807, 2.05) is 26.8 Å². The fourth-order valence-corrected chi connectivity index (χ4v) is 9.56. The number of esters is 1. The maximum Gasteiger partial charge on any atom is 0.306 e. The van der Waals surface area contributed by atoms with E-state index < -0.39 is 11.0 Å². The van der Waals surface area contributed by atoms with Crippen LogP contribution in [-0.4, -0.2) is 23.1 Å². The molecule has 0 aliphatic heterocycles. The Labute approximate surface area is 307 Å². The Morgan fingerprint density at radius 2 is 1.64 bits per heavy atom. The minimum atomic E-state index is -0.467. The van der Waals surface area contributed by atoms with Gasteiger partial charge in [-0.25, -0.2) is 0 Å². The summed E-state index contributed by atoms with van der Waals surface area (Å²) in [5.41, 5.74) is 6.05. The number of hydrogen-bond donors (Lipinski definition) is 0. The SMILES string of the molecule is CCC(C)C(=O)C1(CC)CCc2cc(C)c(CC(C)CC3CCCC3)cc2C(CCCCCCCC(=O)OC(C)(C)C)CC1/C(C)=C\C(C)=O. The largest absolute Gasteiger partial charge is 0.460 e. The lowest BCUT2D eigenvalue weighted by molar-refractivity contribution is -0.155. The van der Waals surface area contributed by atoms with Crippen molar-refractivity contribution in [2.75, 3.05) is 0 Å². The summed E-state index contributed by atoms with van der Waals surface area (Å²) in [4.78, 5) is 39.2. The number of Topliss-reactive ketones (excluding diaryl/α,β-unsaturated/α-hetero) is 1. The average molecular weight is 691 g/mol. The minimum Gasteiger partial charge on any atom is -0.460 e. The molecule has 5 atom stereocenters. The summed E-state index contributed by atoms with van der Waals surface area (Å²) in [6, 6.07) is 5.07. The highest BCUT2D eigenvalue weighted by Gasteiger charge is 2.47. The van der Waals surface area contributed by atoms with Gasteiger partial charge in [-0.2, -0.15) is 0 Å². The molecule has 5 unspecified atom stereocenters. The second-order valence-electron chi connectivity index (χ2n) is 17.7. The van der Waals surface area contributed by atoms with E-state index in [-0.39, 0.29) is 23.6 Å². The van der Waals surface area contributed by atoms with Crippen molar-refractivity contribution in [1.82, 2.24) is 0 Å². The number of ketones is 2. The zero-order valence-corrected chi connectivity index (χ0v) is 34.0. The average Bonchev–Trinajstić information content (AvgIpc) is 3.54. The van der Waals surface area contributed by atoms with Crippen molar-refractivity contribution in [2.24, 2.45) is 29.1 Å². The molecular weight excluding hydrogens is 617 g/mol. The molecule has 4 nitrogen and oxygen atoms in total. The van der Waals surface area contributed by atoms with E-state index in [1.54, 1.807) is 6.92 Å². The molecule has 282 valence electrons. The van der Waals surface area contributed by atoms with E-state index >= 15 is 0 Å². The second kappa shape index (κ2) is 19.6. The lowest BCUT2D eigenvalue weighted by Gasteiger charge is -2.45. The Morgan fingerprint density at radius 3 is 2.26 bits per heavy atom. The lowest BCUT2D eigenvalue weighted by Crippen LogP contribution is -2.44. The number of allylic oxidation sites excluding steroid dienone is 2. The number of ether oxygens (including phenoxy) is 1. The van der Waals surface area contributed by atoms with Crippen LogP contribution in [0, 0.1) is 36.0 Å². The topological polar surface area (TPSA) is 60.4 Å². The molecule has 0 radical (unpaired) electrons. The molecule has 3 rings (SSSR count). The summed E-state index contributed by atoms with van der Waals surface area (Å²) in [5, 5.41) is 0. The molecule has 1 fully saturated rings. The Hall–Kier alpha value is -2.23. The van der Waals surface area contributed by atoms with E-state index in [9.17, 15) is 14.4 Å². The van der Waals surface area contributed by atoms with Crippen LogP contribution in [0.15, 0.2) is 23.8 Å². The van der Waals surface area contributed by atoms with Crippen LogP contribution >= 0.6 is 0 Å². The quantitative estimate of drug-likeness (QED) is 0.0874. The summed E-state index contributed by atoms with van der Waals surface area (Å²) < 4.78 is 5.50. The first-order chi connectivity index (χ1) is 23.6. The van der Waals surface area contributed by atoms with Gasteiger partial charge in [-0.3, -0.25) is 14.4 Å². The zero-order chi connectivity index (χ0) is 37.1. The number of unbranched alkanes of at least 4 members (excludes halogenated alkanes) is 4. The van der Waals surface area contributed by atoms with Crippen LogP contribution in [0.2, 0.25) is 0 Å². The third-order valence-corrected chi connectivity index (χ3v) is 12.4. The molecule has 4 heteroatoms. The van der Waals surface area contributed by atoms with Gasteiger partial charge >= 0.3 is 5.97 Å². The standard InChI is InChI=1S/C46H74O4/c1-11-33(4)44(49)46(12-2)25-24-39-29-34(5)40(27-32(3)26-37-20-18-19-21-37)30-41(39)38(31-42(46)35(6)28-36(7)47)22-16-14-13-15-17-23-43(48)50-45(8,9)10/h28-30,32-33,37-38,42H,11-27,31H2,1-10H3/b35-28-. The second-order valence-corrected chi connectivity index (χ2v) is 17.7. The highest BCUT2D eigenvalue weighted by Crippen LogP contribution is 2.51. The summed E-state index contributed by atoms with van der Waals surface area (Å²) in [6.07, 6.45) is 21.1. The van der Waals surface area contributed by atoms with Gasteiger partial charge in [0, 0.05) is 17.8 Å².